The lowest BCUT2D eigenvalue weighted by Gasteiger charge is -2.36. The SMILES string of the molecule is COc1ccc(-c2cnc3c(Nc4ccc(C(=O)N5CCN(C(=O)[C@@H]6CCCN6)CC5)c(Cl)c4)nccn23)c(F)c1F.O=CO. The van der Waals surface area contributed by atoms with Crippen LogP contribution in [0, 0.1) is 11.6 Å². The van der Waals surface area contributed by atoms with Gasteiger partial charge in [0.05, 0.1) is 35.6 Å². The number of fused-ring (bicyclic) bond motifs is 1. The molecular formula is C30H30ClF2N7O5. The van der Waals surface area contributed by atoms with Gasteiger partial charge >= 0.3 is 0 Å². The summed E-state index contributed by atoms with van der Waals surface area (Å²) in [5.41, 5.74) is 1.63. The van der Waals surface area contributed by atoms with E-state index in [9.17, 15) is 18.4 Å². The van der Waals surface area contributed by atoms with Crippen molar-refractivity contribution in [3.63, 3.8) is 0 Å². The highest BCUT2D eigenvalue weighted by atomic mass is 35.5. The van der Waals surface area contributed by atoms with E-state index in [0.29, 0.717) is 54.6 Å². The molecule has 0 spiro atoms. The lowest BCUT2D eigenvalue weighted by molar-refractivity contribution is -0.134. The number of nitrogens with zero attached hydrogens (tertiary/aromatic N) is 5. The number of piperazine rings is 1. The molecule has 2 saturated heterocycles. The maximum atomic E-state index is 14.8. The number of amides is 2. The number of carbonyl (C=O) groups excluding carboxylic acids is 2. The van der Waals surface area contributed by atoms with Crippen LogP contribution >= 0.6 is 11.6 Å². The normalized spacial score (nSPS) is 16.2. The Kier molecular flexibility index (Phi) is 9.74. The number of ether oxygens (including phenoxy) is 1. The van der Waals surface area contributed by atoms with E-state index in [-0.39, 0.29) is 40.7 Å². The number of carboxylic acid groups (broad SMARTS) is 1. The predicted molar refractivity (Wildman–Crippen MR) is 162 cm³/mol. The van der Waals surface area contributed by atoms with E-state index in [1.165, 1.54) is 31.6 Å². The first kappa shape index (κ1) is 31.6. The summed E-state index contributed by atoms with van der Waals surface area (Å²) in [6, 6.07) is 7.62. The van der Waals surface area contributed by atoms with Crippen molar-refractivity contribution in [2.24, 2.45) is 0 Å². The Morgan fingerprint density at radius 1 is 1.11 bits per heavy atom. The van der Waals surface area contributed by atoms with Crippen LogP contribution in [-0.2, 0) is 9.59 Å². The summed E-state index contributed by atoms with van der Waals surface area (Å²) in [7, 11) is 1.27. The Morgan fingerprint density at radius 2 is 1.84 bits per heavy atom. The van der Waals surface area contributed by atoms with E-state index in [1.54, 1.807) is 33.7 Å². The third-order valence-corrected chi connectivity index (χ3v) is 7.98. The molecule has 0 aliphatic carbocycles. The molecule has 12 nitrogen and oxygen atoms in total. The van der Waals surface area contributed by atoms with Crippen LogP contribution in [0.3, 0.4) is 0 Å². The lowest BCUT2D eigenvalue weighted by atomic mass is 10.1. The summed E-state index contributed by atoms with van der Waals surface area (Å²) < 4.78 is 35.6. The molecule has 0 radical (unpaired) electrons. The molecule has 6 rings (SSSR count). The molecule has 2 aliphatic heterocycles. The molecule has 45 heavy (non-hydrogen) atoms. The van der Waals surface area contributed by atoms with Crippen molar-refractivity contribution in [3.05, 3.63) is 71.1 Å². The average Bonchev–Trinajstić information content (AvgIpc) is 3.74. The molecule has 2 fully saturated rings. The van der Waals surface area contributed by atoms with Crippen molar-refractivity contribution in [2.75, 3.05) is 45.2 Å². The molecule has 2 aromatic carbocycles. The number of hydrogen-bond acceptors (Lipinski definition) is 8. The zero-order valence-corrected chi connectivity index (χ0v) is 24.9. The number of imidazole rings is 1. The van der Waals surface area contributed by atoms with Crippen LogP contribution in [0.2, 0.25) is 5.02 Å². The van der Waals surface area contributed by atoms with Gasteiger partial charge in [-0.25, -0.2) is 14.4 Å². The van der Waals surface area contributed by atoms with Crippen molar-refractivity contribution < 1.29 is 33.0 Å². The Hall–Kier alpha value is -4.82. The molecule has 1 atom stereocenters. The number of rotatable bonds is 6. The van der Waals surface area contributed by atoms with Gasteiger partial charge in [-0.15, -0.1) is 0 Å². The molecule has 2 amide bonds. The number of anilines is 2. The summed E-state index contributed by atoms with van der Waals surface area (Å²) in [5.74, 6) is -2.08. The smallest absolute Gasteiger partial charge is 0.290 e. The molecule has 2 aliphatic rings. The quantitative estimate of drug-likeness (QED) is 0.268. The predicted octanol–water partition coefficient (Wildman–Crippen LogP) is 3.82. The fraction of sp³-hybridized carbons (Fsp3) is 0.300. The molecule has 0 saturated carbocycles. The van der Waals surface area contributed by atoms with Gasteiger partial charge in [-0.1, -0.05) is 11.6 Å². The zero-order valence-electron chi connectivity index (χ0n) is 24.2. The minimum atomic E-state index is -1.08. The minimum absolute atomic E-state index is 0.0178. The maximum absolute atomic E-state index is 14.8. The van der Waals surface area contributed by atoms with Gasteiger partial charge in [-0.05, 0) is 49.7 Å². The van der Waals surface area contributed by atoms with Crippen LogP contribution < -0.4 is 15.4 Å². The standard InChI is InChI=1S/C29H28ClF2N7O3.CH2O2/c1-42-23-7-6-19(24(31)25(23)32)22-16-35-27-26(34-9-10-39(22)27)36-17-4-5-18(20(30)15-17)28(40)37-11-13-38(14-12-37)29(41)21-3-2-8-33-21;2-1-3/h4-7,9-10,15-16,21,33H,2-3,8,11-14H2,1H3,(H,34,36);1H,(H,2,3)/t21-;/m0./s1. The van der Waals surface area contributed by atoms with E-state index in [4.69, 9.17) is 26.2 Å². The zero-order chi connectivity index (χ0) is 32.1. The molecule has 0 bridgehead atoms. The van der Waals surface area contributed by atoms with Crippen molar-refractivity contribution in [2.45, 2.75) is 18.9 Å². The minimum Gasteiger partial charge on any atom is -0.494 e. The second-order valence-corrected chi connectivity index (χ2v) is 10.7. The van der Waals surface area contributed by atoms with Crippen molar-refractivity contribution >= 4 is 47.0 Å². The second-order valence-electron chi connectivity index (χ2n) is 10.2. The Labute approximate surface area is 261 Å². The van der Waals surface area contributed by atoms with Crippen LogP contribution in [0.15, 0.2) is 48.9 Å². The van der Waals surface area contributed by atoms with E-state index in [1.807, 2.05) is 4.90 Å². The third kappa shape index (κ3) is 6.51. The van der Waals surface area contributed by atoms with Gasteiger partial charge in [0.1, 0.15) is 0 Å². The topological polar surface area (TPSA) is 141 Å². The molecule has 15 heteroatoms. The molecule has 3 N–H and O–H groups in total. The van der Waals surface area contributed by atoms with Crippen molar-refractivity contribution in [1.29, 1.82) is 0 Å². The maximum Gasteiger partial charge on any atom is 0.290 e. The van der Waals surface area contributed by atoms with Crippen LogP contribution in [-0.4, -0.2) is 93.4 Å². The summed E-state index contributed by atoms with van der Waals surface area (Å²) in [6.45, 7) is 2.43. The van der Waals surface area contributed by atoms with Gasteiger partial charge in [-0.2, -0.15) is 4.39 Å². The summed E-state index contributed by atoms with van der Waals surface area (Å²) in [4.78, 5) is 46.5. The van der Waals surface area contributed by atoms with Crippen LogP contribution in [0.1, 0.15) is 23.2 Å². The van der Waals surface area contributed by atoms with E-state index >= 15 is 0 Å². The first-order valence-corrected chi connectivity index (χ1v) is 14.5. The van der Waals surface area contributed by atoms with Crippen molar-refractivity contribution in [1.82, 2.24) is 29.5 Å². The second kappa shape index (κ2) is 13.9. The summed E-state index contributed by atoms with van der Waals surface area (Å²) >= 11 is 6.55. The fourth-order valence-electron chi connectivity index (χ4n) is 5.41. The molecule has 4 aromatic rings. The monoisotopic (exact) mass is 641 g/mol. The van der Waals surface area contributed by atoms with E-state index in [2.05, 4.69) is 20.6 Å². The molecule has 4 heterocycles. The molecule has 2 aromatic heterocycles. The highest BCUT2D eigenvalue weighted by molar-refractivity contribution is 6.34. The fourth-order valence-corrected chi connectivity index (χ4v) is 5.67. The number of benzene rings is 2. The van der Waals surface area contributed by atoms with E-state index < -0.39 is 11.6 Å². The van der Waals surface area contributed by atoms with Gasteiger partial charge in [0.25, 0.3) is 12.4 Å². The third-order valence-electron chi connectivity index (χ3n) is 7.67. The number of halogens is 3. The largest absolute Gasteiger partial charge is 0.494 e. The Bertz CT molecular complexity index is 1720. The summed E-state index contributed by atoms with van der Waals surface area (Å²) in [5, 5.41) is 13.5. The number of methoxy groups -OCH3 is 1. The number of carbonyl (C=O) groups is 3. The van der Waals surface area contributed by atoms with Gasteiger partial charge in [0.2, 0.25) is 11.7 Å². The first-order chi connectivity index (χ1) is 21.8. The van der Waals surface area contributed by atoms with Gasteiger partial charge < -0.3 is 30.3 Å². The highest BCUT2D eigenvalue weighted by Gasteiger charge is 2.31. The molecule has 236 valence electrons. The van der Waals surface area contributed by atoms with Gasteiger partial charge in [0, 0.05) is 49.8 Å². The van der Waals surface area contributed by atoms with Gasteiger partial charge in [-0.3, -0.25) is 18.8 Å². The lowest BCUT2D eigenvalue weighted by Crippen LogP contribution is -2.54. The van der Waals surface area contributed by atoms with Crippen LogP contribution in [0.25, 0.3) is 16.9 Å². The molecule has 0 unspecified atom stereocenters. The summed E-state index contributed by atoms with van der Waals surface area (Å²) in [6.07, 6.45) is 6.37. The van der Waals surface area contributed by atoms with Crippen LogP contribution in [0.5, 0.6) is 5.75 Å². The van der Waals surface area contributed by atoms with Gasteiger partial charge in [0.15, 0.2) is 23.0 Å². The average molecular weight is 642 g/mol. The van der Waals surface area contributed by atoms with Crippen molar-refractivity contribution in [3.8, 4) is 17.0 Å². The van der Waals surface area contributed by atoms with Crippen LogP contribution in [0.4, 0.5) is 20.3 Å². The highest BCUT2D eigenvalue weighted by Crippen LogP contribution is 2.32. The number of nitrogens with one attached hydrogen (secondary N) is 2. The van der Waals surface area contributed by atoms with E-state index in [0.717, 1.165) is 19.4 Å². The Morgan fingerprint density at radius 3 is 2.51 bits per heavy atom. The molecular weight excluding hydrogens is 612 g/mol. The number of aromatic nitrogens is 3. The first-order valence-electron chi connectivity index (χ1n) is 14.1. The number of hydrogen-bond donors (Lipinski definition) is 3. The Balaban J connectivity index is 0.00000128.